The molecule has 0 radical (unpaired) electrons. The molecule has 1 rings (SSSR count). The molecular weight excluding hydrogens is 170 g/mol. The second kappa shape index (κ2) is 4.49. The van der Waals surface area contributed by atoms with Crippen LogP contribution < -0.4 is 15.2 Å². The van der Waals surface area contributed by atoms with Crippen LogP contribution in [0.1, 0.15) is 13.3 Å². The molecule has 0 aliphatic heterocycles. The Morgan fingerprint density at radius 3 is 2.69 bits per heavy atom. The minimum absolute atomic E-state index is 0.158. The molecule has 1 heterocycles. The summed E-state index contributed by atoms with van der Waals surface area (Å²) >= 11 is 0. The van der Waals surface area contributed by atoms with Crippen molar-refractivity contribution in [2.24, 2.45) is 0 Å². The summed E-state index contributed by atoms with van der Waals surface area (Å²) in [7, 11) is 1.52. The standard InChI is InChI=1S/C8H13N3O2/c1-3-4-13-7-5-6(12-2)10-8(9)11-7/h5H,3-4H2,1-2H3,(H2,9,10,11). The van der Waals surface area contributed by atoms with Crippen molar-refractivity contribution in [1.29, 1.82) is 0 Å². The van der Waals surface area contributed by atoms with Gasteiger partial charge in [-0.15, -0.1) is 0 Å². The Kier molecular flexibility index (Phi) is 3.31. The fourth-order valence-electron chi connectivity index (χ4n) is 0.806. The average Bonchev–Trinajstić information content (AvgIpc) is 2.14. The van der Waals surface area contributed by atoms with Gasteiger partial charge in [-0.25, -0.2) is 0 Å². The molecule has 0 fully saturated rings. The fourth-order valence-corrected chi connectivity index (χ4v) is 0.806. The van der Waals surface area contributed by atoms with E-state index >= 15 is 0 Å². The second-order valence-corrected chi connectivity index (χ2v) is 2.46. The molecule has 1 aromatic rings. The van der Waals surface area contributed by atoms with E-state index in [0.717, 1.165) is 6.42 Å². The summed E-state index contributed by atoms with van der Waals surface area (Å²) < 4.78 is 10.2. The van der Waals surface area contributed by atoms with E-state index < -0.39 is 0 Å². The van der Waals surface area contributed by atoms with E-state index in [1.54, 1.807) is 6.07 Å². The van der Waals surface area contributed by atoms with Gasteiger partial charge in [0.05, 0.1) is 19.8 Å². The highest BCUT2D eigenvalue weighted by Crippen LogP contribution is 2.15. The molecule has 0 aromatic carbocycles. The zero-order chi connectivity index (χ0) is 9.68. The number of anilines is 1. The van der Waals surface area contributed by atoms with Crippen molar-refractivity contribution in [3.05, 3.63) is 6.07 Å². The largest absolute Gasteiger partial charge is 0.481 e. The fraction of sp³-hybridized carbons (Fsp3) is 0.500. The van der Waals surface area contributed by atoms with Crippen LogP contribution in [0.4, 0.5) is 5.95 Å². The van der Waals surface area contributed by atoms with Gasteiger partial charge in [-0.05, 0) is 6.42 Å². The molecule has 0 aliphatic carbocycles. The van der Waals surface area contributed by atoms with Gasteiger partial charge in [0.15, 0.2) is 0 Å². The summed E-state index contributed by atoms with van der Waals surface area (Å²) in [5.41, 5.74) is 5.42. The molecule has 0 unspecified atom stereocenters. The second-order valence-electron chi connectivity index (χ2n) is 2.46. The quantitative estimate of drug-likeness (QED) is 0.749. The summed E-state index contributed by atoms with van der Waals surface area (Å²) in [6.07, 6.45) is 0.923. The third kappa shape index (κ3) is 2.77. The molecule has 5 heteroatoms. The number of ether oxygens (including phenoxy) is 2. The Hall–Kier alpha value is -1.52. The molecule has 0 bridgehead atoms. The molecule has 13 heavy (non-hydrogen) atoms. The van der Waals surface area contributed by atoms with Crippen LogP contribution in [0, 0.1) is 0 Å². The van der Waals surface area contributed by atoms with Crippen LogP contribution >= 0.6 is 0 Å². The van der Waals surface area contributed by atoms with Crippen LogP contribution in [0.25, 0.3) is 0 Å². The molecule has 0 saturated heterocycles. The zero-order valence-electron chi connectivity index (χ0n) is 7.78. The van der Waals surface area contributed by atoms with Gasteiger partial charge in [0.2, 0.25) is 17.7 Å². The molecule has 0 spiro atoms. The first-order valence-corrected chi connectivity index (χ1v) is 4.07. The highest BCUT2D eigenvalue weighted by molar-refractivity contribution is 5.29. The van der Waals surface area contributed by atoms with Crippen molar-refractivity contribution in [3.8, 4) is 11.8 Å². The molecule has 1 aromatic heterocycles. The third-order valence-electron chi connectivity index (χ3n) is 1.36. The van der Waals surface area contributed by atoms with Crippen molar-refractivity contribution in [2.75, 3.05) is 19.5 Å². The number of methoxy groups -OCH3 is 1. The summed E-state index contributed by atoms with van der Waals surface area (Å²) in [4.78, 5) is 7.71. The number of nitrogen functional groups attached to an aromatic ring is 1. The number of hydrogen-bond donors (Lipinski definition) is 1. The maximum atomic E-state index is 5.42. The summed E-state index contributed by atoms with van der Waals surface area (Å²) in [6, 6.07) is 1.60. The van der Waals surface area contributed by atoms with E-state index in [2.05, 4.69) is 9.97 Å². The van der Waals surface area contributed by atoms with Gasteiger partial charge >= 0.3 is 0 Å². The highest BCUT2D eigenvalue weighted by atomic mass is 16.5. The van der Waals surface area contributed by atoms with Crippen LogP contribution in [0.2, 0.25) is 0 Å². The van der Waals surface area contributed by atoms with Crippen LogP contribution in [-0.4, -0.2) is 23.7 Å². The average molecular weight is 183 g/mol. The monoisotopic (exact) mass is 183 g/mol. The van der Waals surface area contributed by atoms with Gasteiger partial charge in [-0.1, -0.05) is 6.92 Å². The Bertz CT molecular complexity index is 278. The molecular formula is C8H13N3O2. The van der Waals surface area contributed by atoms with Gasteiger partial charge in [0, 0.05) is 0 Å². The number of nitrogens with zero attached hydrogens (tertiary/aromatic N) is 2. The van der Waals surface area contributed by atoms with E-state index in [9.17, 15) is 0 Å². The minimum Gasteiger partial charge on any atom is -0.481 e. The maximum Gasteiger partial charge on any atom is 0.226 e. The minimum atomic E-state index is 0.158. The van der Waals surface area contributed by atoms with Gasteiger partial charge in [-0.2, -0.15) is 9.97 Å². The van der Waals surface area contributed by atoms with E-state index in [0.29, 0.717) is 18.4 Å². The van der Waals surface area contributed by atoms with Gasteiger partial charge in [0.25, 0.3) is 0 Å². The lowest BCUT2D eigenvalue weighted by Gasteiger charge is -2.05. The summed E-state index contributed by atoms with van der Waals surface area (Å²) in [6.45, 7) is 2.63. The third-order valence-corrected chi connectivity index (χ3v) is 1.36. The molecule has 72 valence electrons. The van der Waals surface area contributed by atoms with Gasteiger partial charge in [0.1, 0.15) is 0 Å². The Morgan fingerprint density at radius 1 is 1.38 bits per heavy atom. The lowest BCUT2D eigenvalue weighted by atomic mass is 10.5. The van der Waals surface area contributed by atoms with Crippen LogP contribution in [-0.2, 0) is 0 Å². The zero-order valence-corrected chi connectivity index (χ0v) is 7.78. The summed E-state index contributed by atoms with van der Waals surface area (Å²) in [5, 5.41) is 0. The lowest BCUT2D eigenvalue weighted by Crippen LogP contribution is -2.02. The smallest absolute Gasteiger partial charge is 0.226 e. The molecule has 5 nitrogen and oxygen atoms in total. The molecule has 0 atom stereocenters. The van der Waals surface area contributed by atoms with E-state index in [-0.39, 0.29) is 5.95 Å². The van der Waals surface area contributed by atoms with Crippen molar-refractivity contribution in [1.82, 2.24) is 9.97 Å². The molecule has 0 aliphatic rings. The Balaban J connectivity index is 2.76. The maximum absolute atomic E-state index is 5.42. The van der Waals surface area contributed by atoms with E-state index in [1.165, 1.54) is 7.11 Å². The predicted molar refractivity (Wildman–Crippen MR) is 48.8 cm³/mol. The van der Waals surface area contributed by atoms with Gasteiger partial charge < -0.3 is 15.2 Å². The Morgan fingerprint density at radius 2 is 2.08 bits per heavy atom. The molecule has 0 amide bonds. The van der Waals surface area contributed by atoms with Crippen molar-refractivity contribution in [2.45, 2.75) is 13.3 Å². The number of rotatable bonds is 4. The van der Waals surface area contributed by atoms with Crippen LogP contribution in [0.3, 0.4) is 0 Å². The SMILES string of the molecule is CCCOc1cc(OC)nc(N)n1. The number of hydrogen-bond acceptors (Lipinski definition) is 5. The van der Waals surface area contributed by atoms with E-state index in [1.807, 2.05) is 6.92 Å². The highest BCUT2D eigenvalue weighted by Gasteiger charge is 2.02. The van der Waals surface area contributed by atoms with Crippen LogP contribution in [0.5, 0.6) is 11.8 Å². The molecule has 0 saturated carbocycles. The normalized spacial score (nSPS) is 9.69. The van der Waals surface area contributed by atoms with Gasteiger partial charge in [-0.3, -0.25) is 0 Å². The first kappa shape index (κ1) is 9.57. The van der Waals surface area contributed by atoms with Crippen LogP contribution in [0.15, 0.2) is 6.07 Å². The topological polar surface area (TPSA) is 70.3 Å². The first-order valence-electron chi connectivity index (χ1n) is 4.07. The first-order chi connectivity index (χ1) is 6.26. The van der Waals surface area contributed by atoms with E-state index in [4.69, 9.17) is 15.2 Å². The number of aromatic nitrogens is 2. The lowest BCUT2D eigenvalue weighted by molar-refractivity contribution is 0.301. The van der Waals surface area contributed by atoms with Crippen molar-refractivity contribution >= 4 is 5.95 Å². The predicted octanol–water partition coefficient (Wildman–Crippen LogP) is 0.856. The van der Waals surface area contributed by atoms with Crippen molar-refractivity contribution in [3.63, 3.8) is 0 Å². The molecule has 2 N–H and O–H groups in total. The van der Waals surface area contributed by atoms with Crippen molar-refractivity contribution < 1.29 is 9.47 Å². The summed E-state index contributed by atoms with van der Waals surface area (Å²) in [5.74, 6) is 1.02. The Labute approximate surface area is 76.9 Å². The number of nitrogens with two attached hydrogens (primary N) is 1.